The Balaban J connectivity index is 1.96. The van der Waals surface area contributed by atoms with Gasteiger partial charge in [0.1, 0.15) is 30.2 Å². The molecule has 7 atom stereocenters. The summed E-state index contributed by atoms with van der Waals surface area (Å²) in [4.78, 5) is 129. The van der Waals surface area contributed by atoms with Crippen LogP contribution in [-0.2, 0) is 54.1 Å². The Bertz CT molecular complexity index is 1810. The van der Waals surface area contributed by atoms with Crippen LogP contribution in [0.25, 0.3) is 0 Å². The lowest BCUT2D eigenvalue weighted by atomic mass is 10.0. The van der Waals surface area contributed by atoms with E-state index in [9.17, 15) is 71.3 Å². The molecule has 2 aliphatic rings. The topological polar surface area (TPSA) is 365 Å². The number of nitrogens with one attached hydrogen (secondary N) is 6. The molecule has 1 aromatic rings. The Morgan fingerprint density at radius 3 is 1.97 bits per heavy atom. The van der Waals surface area contributed by atoms with Crippen LogP contribution in [0.15, 0.2) is 24.3 Å². The predicted molar refractivity (Wildman–Crippen MR) is 198 cm³/mol. The van der Waals surface area contributed by atoms with Crippen molar-refractivity contribution in [2.75, 3.05) is 31.1 Å². The standard InChI is InChI=1S/C32H41F3N10O12S2/c33-32(34,35)14-3-1-13(2-4-14)25-31(57)40-9-23(49)45-10-15(46)5-20(45)30(56)42-17(6-21(37)47)29(55)43-19(26(38)52)12-59-58-11-16(36)27(53)41-18(7-24(50)51)28(54)39-8-22(48)44-25/h1-4,15-20,25,46H,5-12,36H2,(H2,37,47)(H2,38,52)(H,39,54)(H,40,57)(H,41,53)(H,42,56)(H,43,55)(H,44,48)(H,50,51)/t15-,16-,17+,18-,19-,20+,25+/m1/s1. The maximum atomic E-state index is 13.4. The van der Waals surface area contributed by atoms with Gasteiger partial charge in [-0.05, 0) is 17.7 Å². The van der Waals surface area contributed by atoms with E-state index in [0.29, 0.717) is 12.1 Å². The Morgan fingerprint density at radius 2 is 1.37 bits per heavy atom. The molecule has 2 heterocycles. The van der Waals surface area contributed by atoms with Crippen molar-refractivity contribution in [1.82, 2.24) is 36.8 Å². The van der Waals surface area contributed by atoms with Crippen molar-refractivity contribution >= 4 is 80.7 Å². The van der Waals surface area contributed by atoms with E-state index in [1.165, 1.54) is 0 Å². The van der Waals surface area contributed by atoms with Crippen molar-refractivity contribution in [1.29, 1.82) is 0 Å². The molecule has 3 rings (SSSR count). The average Bonchev–Trinajstić information content (AvgIpc) is 3.55. The van der Waals surface area contributed by atoms with Gasteiger partial charge in [0.15, 0.2) is 0 Å². The number of carbonyl (C=O) groups excluding carboxylic acids is 9. The van der Waals surface area contributed by atoms with Crippen molar-refractivity contribution in [3.8, 4) is 0 Å². The molecule has 0 aliphatic carbocycles. The first-order valence-electron chi connectivity index (χ1n) is 17.3. The minimum Gasteiger partial charge on any atom is -0.481 e. The summed E-state index contributed by atoms with van der Waals surface area (Å²) in [7, 11) is 1.79. The number of hydrogen-bond donors (Lipinski definition) is 11. The lowest BCUT2D eigenvalue weighted by Crippen LogP contribution is -2.57. The number of primary amides is 2. The normalized spacial score (nSPS) is 26.6. The third-order valence-corrected chi connectivity index (χ3v) is 10.9. The molecule has 0 bridgehead atoms. The van der Waals surface area contributed by atoms with E-state index < -0.39 is 146 Å². The number of alkyl halides is 3. The highest BCUT2D eigenvalue weighted by Crippen LogP contribution is 2.30. The Morgan fingerprint density at radius 1 is 0.780 bits per heavy atom. The molecule has 59 heavy (non-hydrogen) atoms. The van der Waals surface area contributed by atoms with Gasteiger partial charge >= 0.3 is 12.1 Å². The van der Waals surface area contributed by atoms with Crippen LogP contribution in [0.5, 0.6) is 0 Å². The Hall–Kier alpha value is -5.67. The van der Waals surface area contributed by atoms with Gasteiger partial charge in [0, 0.05) is 24.5 Å². The SMILES string of the molecule is NC(=O)C[C@@H]1NC(=O)[C@@H]2C[C@@H](O)CN2C(=O)CNC(=O)[C@H](c2ccc(C(F)(F)F)cc2)NC(=O)CNC(=O)[C@@H](CC(=O)O)NC(=O)[C@H](N)CSSC[C@H](C(N)=O)NC1=O. The van der Waals surface area contributed by atoms with Gasteiger partial charge < -0.3 is 64.2 Å². The van der Waals surface area contributed by atoms with Crippen molar-refractivity contribution < 1.29 is 71.3 Å². The number of carbonyl (C=O) groups is 10. The maximum Gasteiger partial charge on any atom is 0.416 e. The summed E-state index contributed by atoms with van der Waals surface area (Å²) in [6, 6.07) is -6.73. The van der Waals surface area contributed by atoms with Gasteiger partial charge in [-0.3, -0.25) is 47.9 Å². The molecule has 324 valence electrons. The molecule has 1 aromatic carbocycles. The summed E-state index contributed by atoms with van der Waals surface area (Å²) in [6.45, 7) is -2.33. The molecule has 2 saturated heterocycles. The van der Waals surface area contributed by atoms with Gasteiger partial charge in [0.05, 0.1) is 43.6 Å². The zero-order valence-corrected chi connectivity index (χ0v) is 32.2. The first-order chi connectivity index (χ1) is 27.6. The predicted octanol–water partition coefficient (Wildman–Crippen LogP) is -4.93. The number of benzene rings is 1. The number of nitrogens with two attached hydrogens (primary N) is 3. The second-order valence-corrected chi connectivity index (χ2v) is 15.6. The summed E-state index contributed by atoms with van der Waals surface area (Å²) < 4.78 is 39.9. The Kier molecular flexibility index (Phi) is 17.3. The van der Waals surface area contributed by atoms with E-state index in [4.69, 9.17) is 17.2 Å². The van der Waals surface area contributed by atoms with Gasteiger partial charge in [-0.2, -0.15) is 13.2 Å². The van der Waals surface area contributed by atoms with Crippen molar-refractivity contribution in [3.63, 3.8) is 0 Å². The molecule has 27 heteroatoms. The van der Waals surface area contributed by atoms with Crippen molar-refractivity contribution in [3.05, 3.63) is 35.4 Å². The summed E-state index contributed by atoms with van der Waals surface area (Å²) in [5, 5.41) is 32.8. The maximum absolute atomic E-state index is 13.4. The van der Waals surface area contributed by atoms with Gasteiger partial charge in [-0.1, -0.05) is 33.7 Å². The molecular formula is C32H41F3N10O12S2. The molecule has 22 nitrogen and oxygen atoms in total. The number of aliphatic hydroxyl groups excluding tert-OH is 1. The highest BCUT2D eigenvalue weighted by atomic mass is 33.1. The van der Waals surface area contributed by atoms with Crippen LogP contribution < -0.4 is 49.1 Å². The lowest BCUT2D eigenvalue weighted by molar-refractivity contribution is -0.141. The van der Waals surface area contributed by atoms with E-state index >= 15 is 0 Å². The minimum absolute atomic E-state index is 0.212. The van der Waals surface area contributed by atoms with Gasteiger partial charge in [0.2, 0.25) is 53.2 Å². The highest BCUT2D eigenvalue weighted by molar-refractivity contribution is 8.76. The number of halogens is 3. The van der Waals surface area contributed by atoms with Crippen LogP contribution in [0.3, 0.4) is 0 Å². The zero-order valence-electron chi connectivity index (χ0n) is 30.6. The van der Waals surface area contributed by atoms with Crippen LogP contribution >= 0.6 is 21.6 Å². The summed E-state index contributed by atoms with van der Waals surface area (Å²) in [6.07, 6.45) is -8.23. The number of aliphatic carboxylic acids is 1. The molecule has 14 N–H and O–H groups in total. The number of aliphatic hydroxyl groups is 1. The molecule has 0 aromatic heterocycles. The fourth-order valence-corrected chi connectivity index (χ4v) is 7.79. The average molecular weight is 879 g/mol. The number of nitrogens with zero attached hydrogens (tertiary/aromatic N) is 1. The Labute approximate surface area is 339 Å². The third-order valence-electron chi connectivity index (χ3n) is 8.49. The van der Waals surface area contributed by atoms with Crippen molar-refractivity contribution in [2.45, 2.75) is 67.8 Å². The summed E-state index contributed by atoms with van der Waals surface area (Å²) in [5.74, 6) is -11.8. The smallest absolute Gasteiger partial charge is 0.416 e. The molecule has 0 unspecified atom stereocenters. The van der Waals surface area contributed by atoms with Gasteiger partial charge in [0.25, 0.3) is 0 Å². The third kappa shape index (κ3) is 14.6. The van der Waals surface area contributed by atoms with Gasteiger partial charge in [-0.25, -0.2) is 0 Å². The molecular weight excluding hydrogens is 838 g/mol. The lowest BCUT2D eigenvalue weighted by Gasteiger charge is -2.27. The summed E-state index contributed by atoms with van der Waals surface area (Å²) >= 11 is 0. The van der Waals surface area contributed by atoms with Crippen LogP contribution in [-0.4, -0.2) is 142 Å². The fraction of sp³-hybridized carbons (Fsp3) is 0.500. The second-order valence-electron chi connectivity index (χ2n) is 13.0. The molecule has 0 saturated carbocycles. The first kappa shape index (κ1) is 47.7. The monoisotopic (exact) mass is 878 g/mol. The number of fused-ring (bicyclic) bond motifs is 1. The molecule has 2 fully saturated rings. The van der Waals surface area contributed by atoms with Crippen molar-refractivity contribution in [2.24, 2.45) is 17.2 Å². The van der Waals surface area contributed by atoms with E-state index in [-0.39, 0.29) is 23.5 Å². The molecule has 2 aliphatic heterocycles. The van der Waals surface area contributed by atoms with Gasteiger partial charge in [-0.15, -0.1) is 0 Å². The fourth-order valence-electron chi connectivity index (χ4n) is 5.49. The number of amides is 9. The number of carboxylic acids is 1. The van der Waals surface area contributed by atoms with Crippen LogP contribution in [0, 0.1) is 0 Å². The first-order valence-corrected chi connectivity index (χ1v) is 19.8. The zero-order chi connectivity index (χ0) is 44.2. The molecule has 0 spiro atoms. The summed E-state index contributed by atoms with van der Waals surface area (Å²) in [5.41, 5.74) is 15.3. The number of carboxylic acid groups (broad SMARTS) is 1. The van der Waals surface area contributed by atoms with E-state index in [2.05, 4.69) is 31.9 Å². The molecule has 9 amide bonds. The van der Waals surface area contributed by atoms with Crippen LogP contribution in [0.4, 0.5) is 13.2 Å². The van der Waals surface area contributed by atoms with E-state index in [1.54, 1.807) is 0 Å². The number of hydrogen-bond acceptors (Lipinski definition) is 14. The molecule has 0 radical (unpaired) electrons. The minimum atomic E-state index is -4.78. The number of rotatable bonds is 6. The van der Waals surface area contributed by atoms with Crippen LogP contribution in [0.2, 0.25) is 0 Å². The largest absolute Gasteiger partial charge is 0.481 e. The van der Waals surface area contributed by atoms with E-state index in [1.807, 2.05) is 0 Å². The quantitative estimate of drug-likeness (QED) is 0.119. The highest BCUT2D eigenvalue weighted by Gasteiger charge is 2.41. The second kappa shape index (κ2) is 21.4. The van der Waals surface area contributed by atoms with E-state index in [0.717, 1.165) is 38.6 Å². The van der Waals surface area contributed by atoms with Crippen LogP contribution in [0.1, 0.15) is 36.4 Å².